The Morgan fingerprint density at radius 1 is 1.33 bits per heavy atom. The summed E-state index contributed by atoms with van der Waals surface area (Å²) in [6.07, 6.45) is 3.14. The van der Waals surface area contributed by atoms with Gasteiger partial charge in [0.2, 0.25) is 11.1 Å². The van der Waals surface area contributed by atoms with Crippen LogP contribution in [0.1, 0.15) is 44.0 Å². The van der Waals surface area contributed by atoms with E-state index in [0.29, 0.717) is 11.1 Å². The van der Waals surface area contributed by atoms with Gasteiger partial charge < -0.3 is 10.7 Å². The number of fused-ring (bicyclic) bond motifs is 1. The fraction of sp³-hybridized carbons (Fsp3) is 0.471. The summed E-state index contributed by atoms with van der Waals surface area (Å²) in [6, 6.07) is 8.29. The summed E-state index contributed by atoms with van der Waals surface area (Å²) in [5.74, 6) is 7.46. The van der Waals surface area contributed by atoms with E-state index < -0.39 is 0 Å². The zero-order chi connectivity index (χ0) is 16.8. The van der Waals surface area contributed by atoms with Crippen molar-refractivity contribution in [3.8, 4) is 0 Å². The van der Waals surface area contributed by atoms with Gasteiger partial charge in [0.25, 0.3) is 0 Å². The number of nitrogens with two attached hydrogens (primary N) is 1. The van der Waals surface area contributed by atoms with Crippen molar-refractivity contribution in [2.45, 2.75) is 55.5 Å². The number of amides is 1. The van der Waals surface area contributed by atoms with Crippen molar-refractivity contribution >= 4 is 23.4 Å². The van der Waals surface area contributed by atoms with Crippen LogP contribution in [0, 0.1) is 0 Å². The highest BCUT2D eigenvalue weighted by atomic mass is 32.2. The van der Waals surface area contributed by atoms with Crippen LogP contribution in [0.25, 0.3) is 0 Å². The fourth-order valence-electron chi connectivity index (χ4n) is 3.29. The number of carbonyl (C=O) groups excluding carboxylic acids is 1. The standard InChI is InChI=1S/C17H21N5OS/c1-10-9-13-5-3-4-6-14(13)21(10)16(23)11(2)24-17-20-19-15(22(17)18)12-7-8-12/h3-6,10-12H,7-9,18H2,1-2H3/t10-,11-/m1/s1. The number of nitrogen functional groups attached to an aromatic ring is 1. The molecule has 1 aromatic carbocycles. The molecule has 0 spiro atoms. The van der Waals surface area contributed by atoms with Crippen LogP contribution in [-0.4, -0.2) is 32.1 Å². The molecule has 0 radical (unpaired) electrons. The van der Waals surface area contributed by atoms with Gasteiger partial charge in [0.05, 0.1) is 5.25 Å². The number of benzene rings is 1. The van der Waals surface area contributed by atoms with Crippen LogP contribution in [0.2, 0.25) is 0 Å². The molecule has 2 aromatic rings. The van der Waals surface area contributed by atoms with E-state index in [9.17, 15) is 4.79 Å². The molecule has 0 bridgehead atoms. The summed E-state index contributed by atoms with van der Waals surface area (Å²) in [4.78, 5) is 14.9. The fourth-order valence-corrected chi connectivity index (χ4v) is 4.12. The Bertz CT molecular complexity index is 785. The van der Waals surface area contributed by atoms with Crippen LogP contribution < -0.4 is 10.7 Å². The molecule has 2 N–H and O–H groups in total. The number of thioether (sulfide) groups is 1. The quantitative estimate of drug-likeness (QED) is 0.681. The van der Waals surface area contributed by atoms with Gasteiger partial charge in [-0.3, -0.25) is 4.79 Å². The molecule has 1 aromatic heterocycles. The van der Waals surface area contributed by atoms with Crippen LogP contribution in [0.15, 0.2) is 29.4 Å². The number of aromatic nitrogens is 3. The van der Waals surface area contributed by atoms with Crippen molar-refractivity contribution in [2.75, 3.05) is 10.7 Å². The third-order valence-electron chi connectivity index (χ3n) is 4.71. The molecule has 1 fully saturated rings. The molecule has 0 saturated heterocycles. The summed E-state index contributed by atoms with van der Waals surface area (Å²) in [5.41, 5.74) is 2.25. The first-order chi connectivity index (χ1) is 11.6. The number of hydrogen-bond acceptors (Lipinski definition) is 5. The van der Waals surface area contributed by atoms with E-state index in [0.717, 1.165) is 30.8 Å². The number of anilines is 1. The molecule has 126 valence electrons. The van der Waals surface area contributed by atoms with Crippen LogP contribution in [-0.2, 0) is 11.2 Å². The lowest BCUT2D eigenvalue weighted by Gasteiger charge is -2.25. The van der Waals surface area contributed by atoms with E-state index in [-0.39, 0.29) is 17.2 Å². The van der Waals surface area contributed by atoms with E-state index in [1.165, 1.54) is 17.3 Å². The van der Waals surface area contributed by atoms with Gasteiger partial charge in [0, 0.05) is 17.6 Å². The number of nitrogens with zero attached hydrogens (tertiary/aromatic N) is 4. The van der Waals surface area contributed by atoms with E-state index in [2.05, 4.69) is 23.2 Å². The zero-order valence-electron chi connectivity index (χ0n) is 13.8. The molecule has 2 aliphatic rings. The minimum Gasteiger partial charge on any atom is -0.336 e. The molecule has 6 nitrogen and oxygen atoms in total. The second-order valence-corrected chi connectivity index (χ2v) is 7.94. The number of para-hydroxylation sites is 1. The predicted octanol–water partition coefficient (Wildman–Crippen LogP) is 2.33. The van der Waals surface area contributed by atoms with Crippen LogP contribution in [0.4, 0.5) is 5.69 Å². The molecule has 1 amide bonds. The van der Waals surface area contributed by atoms with Gasteiger partial charge in [0.1, 0.15) is 0 Å². The largest absolute Gasteiger partial charge is 0.336 e. The van der Waals surface area contributed by atoms with Crippen molar-refractivity contribution < 1.29 is 4.79 Å². The third kappa shape index (κ3) is 2.56. The van der Waals surface area contributed by atoms with Gasteiger partial charge in [-0.1, -0.05) is 30.0 Å². The van der Waals surface area contributed by atoms with Crippen LogP contribution in [0.5, 0.6) is 0 Å². The Kier molecular flexibility index (Phi) is 3.75. The highest BCUT2D eigenvalue weighted by molar-refractivity contribution is 8.00. The van der Waals surface area contributed by atoms with Crippen LogP contribution in [0.3, 0.4) is 0 Å². The minimum atomic E-state index is -0.267. The predicted molar refractivity (Wildman–Crippen MR) is 94.6 cm³/mol. The highest BCUT2D eigenvalue weighted by Gasteiger charge is 2.35. The van der Waals surface area contributed by atoms with Crippen molar-refractivity contribution in [3.63, 3.8) is 0 Å². The Morgan fingerprint density at radius 3 is 2.83 bits per heavy atom. The third-order valence-corrected chi connectivity index (χ3v) is 5.75. The molecule has 1 aliphatic heterocycles. The SMILES string of the molecule is C[C@@H]1Cc2ccccc2N1C(=O)[C@@H](C)Sc1nnc(C2CC2)n1N. The van der Waals surface area contributed by atoms with Crippen molar-refractivity contribution in [3.05, 3.63) is 35.7 Å². The second kappa shape index (κ2) is 5.81. The first-order valence-electron chi connectivity index (χ1n) is 8.34. The molecule has 2 heterocycles. The normalized spacial score (nSPS) is 20.9. The molecule has 0 unspecified atom stereocenters. The lowest BCUT2D eigenvalue weighted by Crippen LogP contribution is -2.40. The first kappa shape index (κ1) is 15.5. The number of hydrogen-bond donors (Lipinski definition) is 1. The monoisotopic (exact) mass is 343 g/mol. The lowest BCUT2D eigenvalue weighted by atomic mass is 10.1. The molecule has 7 heteroatoms. The van der Waals surface area contributed by atoms with Crippen LogP contribution >= 0.6 is 11.8 Å². The maximum absolute atomic E-state index is 13.0. The Hall–Kier alpha value is -2.02. The van der Waals surface area contributed by atoms with E-state index >= 15 is 0 Å². The maximum Gasteiger partial charge on any atom is 0.240 e. The van der Waals surface area contributed by atoms with Gasteiger partial charge in [-0.2, -0.15) is 0 Å². The van der Waals surface area contributed by atoms with Crippen molar-refractivity contribution in [1.29, 1.82) is 0 Å². The Labute approximate surface area is 145 Å². The van der Waals surface area contributed by atoms with Gasteiger partial charge in [-0.25, -0.2) is 4.68 Å². The van der Waals surface area contributed by atoms with Gasteiger partial charge in [-0.15, -0.1) is 10.2 Å². The van der Waals surface area contributed by atoms with E-state index in [1.807, 2.05) is 30.0 Å². The number of carbonyl (C=O) groups is 1. The molecule has 2 atom stereocenters. The maximum atomic E-state index is 13.0. The summed E-state index contributed by atoms with van der Waals surface area (Å²) >= 11 is 1.38. The topological polar surface area (TPSA) is 77.0 Å². The number of rotatable bonds is 4. The van der Waals surface area contributed by atoms with Gasteiger partial charge in [-0.05, 0) is 44.7 Å². The summed E-state index contributed by atoms with van der Waals surface area (Å²) in [6.45, 7) is 4.00. The smallest absolute Gasteiger partial charge is 0.240 e. The van der Waals surface area contributed by atoms with Gasteiger partial charge in [0.15, 0.2) is 5.82 Å². The Morgan fingerprint density at radius 2 is 2.08 bits per heavy atom. The first-order valence-corrected chi connectivity index (χ1v) is 9.22. The second-order valence-electron chi connectivity index (χ2n) is 6.64. The van der Waals surface area contributed by atoms with E-state index in [1.54, 1.807) is 4.68 Å². The molecular weight excluding hydrogens is 322 g/mol. The van der Waals surface area contributed by atoms with E-state index in [4.69, 9.17) is 5.84 Å². The lowest BCUT2D eigenvalue weighted by molar-refractivity contribution is -0.118. The Balaban J connectivity index is 1.52. The summed E-state index contributed by atoms with van der Waals surface area (Å²) < 4.78 is 1.55. The molecule has 4 rings (SSSR count). The van der Waals surface area contributed by atoms with Gasteiger partial charge >= 0.3 is 0 Å². The molecule has 24 heavy (non-hydrogen) atoms. The zero-order valence-corrected chi connectivity index (χ0v) is 14.7. The molecule has 1 aliphatic carbocycles. The highest BCUT2D eigenvalue weighted by Crippen LogP contribution is 2.40. The van der Waals surface area contributed by atoms with Crippen molar-refractivity contribution in [2.24, 2.45) is 0 Å². The average molecular weight is 343 g/mol. The summed E-state index contributed by atoms with van der Waals surface area (Å²) in [5, 5.41) is 8.69. The molecular formula is C17H21N5OS. The minimum absolute atomic E-state index is 0.0911. The molecule has 1 saturated carbocycles. The average Bonchev–Trinajstić information content (AvgIpc) is 3.26. The van der Waals surface area contributed by atoms with Crippen molar-refractivity contribution in [1.82, 2.24) is 14.9 Å². The summed E-state index contributed by atoms with van der Waals surface area (Å²) in [7, 11) is 0.